The summed E-state index contributed by atoms with van der Waals surface area (Å²) < 4.78 is 6.16. The number of nitrogens with zero attached hydrogens (tertiary/aromatic N) is 2. The van der Waals surface area contributed by atoms with Gasteiger partial charge in [-0.1, -0.05) is 20.8 Å². The summed E-state index contributed by atoms with van der Waals surface area (Å²) in [5.74, 6) is -0.140. The zero-order valence-electron chi connectivity index (χ0n) is 9.87. The first-order valence-electron chi connectivity index (χ1n) is 4.90. The topological polar surface area (TPSA) is 68.3 Å². The van der Waals surface area contributed by atoms with Crippen LogP contribution in [0.25, 0.3) is 0 Å². The van der Waals surface area contributed by atoms with Crippen LogP contribution in [0.1, 0.15) is 40.5 Å². The van der Waals surface area contributed by atoms with Crippen molar-refractivity contribution in [1.82, 2.24) is 9.78 Å². The molecule has 0 amide bonds. The van der Waals surface area contributed by atoms with Crippen molar-refractivity contribution in [3.05, 3.63) is 16.4 Å². The number of aromatic nitrogens is 2. The van der Waals surface area contributed by atoms with Crippen LogP contribution in [0.2, 0.25) is 0 Å². The highest BCUT2D eigenvalue weighted by atomic mass is 16.4. The average Bonchev–Trinajstić information content (AvgIpc) is 2.27. The van der Waals surface area contributed by atoms with Gasteiger partial charge in [-0.25, -0.2) is 4.79 Å². The summed E-state index contributed by atoms with van der Waals surface area (Å²) in [5, 5.41) is 13.6. The first kappa shape index (κ1) is 12.0. The molecule has 0 unspecified atom stereocenters. The molecule has 1 aromatic heterocycles. The van der Waals surface area contributed by atoms with E-state index in [2.05, 4.69) is 5.10 Å². The molecule has 0 aliphatic rings. The predicted octanol–water partition coefficient (Wildman–Crippen LogP) is 0.905. The van der Waals surface area contributed by atoms with Crippen molar-refractivity contribution >= 4 is 0 Å². The standard InChI is InChI=1S/C10H18N2O3/c1-9(2,3)7-11-12(8(13)15-7)6-10(4,5)14/h14H,6H2,1-5H3. The molecule has 1 heterocycles. The van der Waals surface area contributed by atoms with Gasteiger partial charge in [0, 0.05) is 5.41 Å². The third kappa shape index (κ3) is 3.20. The molecular weight excluding hydrogens is 196 g/mol. The molecule has 0 saturated heterocycles. The van der Waals surface area contributed by atoms with Crippen LogP contribution >= 0.6 is 0 Å². The van der Waals surface area contributed by atoms with E-state index in [0.717, 1.165) is 4.68 Å². The monoisotopic (exact) mass is 214 g/mol. The van der Waals surface area contributed by atoms with Crippen LogP contribution in [0.5, 0.6) is 0 Å². The van der Waals surface area contributed by atoms with Gasteiger partial charge in [-0.15, -0.1) is 5.10 Å². The maximum atomic E-state index is 11.4. The van der Waals surface area contributed by atoms with Crippen molar-refractivity contribution in [3.63, 3.8) is 0 Å². The molecule has 5 nitrogen and oxygen atoms in total. The molecule has 1 rings (SSSR count). The molecule has 0 aliphatic heterocycles. The van der Waals surface area contributed by atoms with E-state index in [1.807, 2.05) is 20.8 Å². The van der Waals surface area contributed by atoms with Crippen LogP contribution in [0.15, 0.2) is 9.21 Å². The van der Waals surface area contributed by atoms with Gasteiger partial charge in [-0.2, -0.15) is 4.68 Å². The summed E-state index contributed by atoms with van der Waals surface area (Å²) in [7, 11) is 0. The molecule has 0 aliphatic carbocycles. The van der Waals surface area contributed by atoms with Gasteiger partial charge >= 0.3 is 5.76 Å². The fourth-order valence-corrected chi connectivity index (χ4v) is 1.08. The van der Waals surface area contributed by atoms with E-state index >= 15 is 0 Å². The first-order chi connectivity index (χ1) is 6.59. The molecular formula is C10H18N2O3. The lowest BCUT2D eigenvalue weighted by Crippen LogP contribution is -2.31. The van der Waals surface area contributed by atoms with Crippen LogP contribution in [0.3, 0.4) is 0 Å². The Labute approximate surface area is 88.7 Å². The second kappa shape index (κ2) is 3.48. The van der Waals surface area contributed by atoms with Crippen LogP contribution in [-0.2, 0) is 12.0 Å². The van der Waals surface area contributed by atoms with E-state index in [9.17, 15) is 9.90 Å². The van der Waals surface area contributed by atoms with Gasteiger partial charge < -0.3 is 9.52 Å². The number of aliphatic hydroxyl groups is 1. The highest BCUT2D eigenvalue weighted by Gasteiger charge is 2.24. The molecule has 0 radical (unpaired) electrons. The van der Waals surface area contributed by atoms with Gasteiger partial charge in [-0.05, 0) is 13.8 Å². The average molecular weight is 214 g/mol. The summed E-state index contributed by atoms with van der Waals surface area (Å²) in [6.45, 7) is 9.09. The van der Waals surface area contributed by atoms with Crippen LogP contribution < -0.4 is 5.76 Å². The van der Waals surface area contributed by atoms with Gasteiger partial charge in [0.1, 0.15) is 0 Å². The van der Waals surface area contributed by atoms with Crippen LogP contribution in [0, 0.1) is 0 Å². The zero-order chi connectivity index (χ0) is 11.9. The first-order valence-corrected chi connectivity index (χ1v) is 4.90. The predicted molar refractivity (Wildman–Crippen MR) is 55.8 cm³/mol. The molecule has 0 spiro atoms. The molecule has 0 atom stereocenters. The largest absolute Gasteiger partial charge is 0.437 e. The fraction of sp³-hybridized carbons (Fsp3) is 0.800. The summed E-state index contributed by atoms with van der Waals surface area (Å²) in [4.78, 5) is 11.4. The highest BCUT2D eigenvalue weighted by molar-refractivity contribution is 4.94. The van der Waals surface area contributed by atoms with E-state index in [1.54, 1.807) is 13.8 Å². The lowest BCUT2D eigenvalue weighted by Gasteiger charge is -2.15. The normalized spacial score (nSPS) is 13.2. The van der Waals surface area contributed by atoms with E-state index in [-0.39, 0.29) is 12.0 Å². The molecule has 0 saturated carbocycles. The minimum atomic E-state index is -0.976. The van der Waals surface area contributed by atoms with Gasteiger partial charge in [0.25, 0.3) is 0 Å². The van der Waals surface area contributed by atoms with E-state index in [4.69, 9.17) is 4.42 Å². The Morgan fingerprint density at radius 1 is 1.33 bits per heavy atom. The van der Waals surface area contributed by atoms with Crippen molar-refractivity contribution < 1.29 is 9.52 Å². The molecule has 0 aromatic carbocycles. The van der Waals surface area contributed by atoms with Crippen molar-refractivity contribution in [2.45, 2.75) is 52.2 Å². The molecule has 1 aromatic rings. The Bertz CT molecular complexity index is 390. The molecule has 0 fully saturated rings. The van der Waals surface area contributed by atoms with Gasteiger partial charge in [-0.3, -0.25) is 0 Å². The number of hydrogen-bond acceptors (Lipinski definition) is 4. The highest BCUT2D eigenvalue weighted by Crippen LogP contribution is 2.18. The lowest BCUT2D eigenvalue weighted by molar-refractivity contribution is 0.0556. The van der Waals surface area contributed by atoms with Crippen molar-refractivity contribution in [2.24, 2.45) is 0 Å². The van der Waals surface area contributed by atoms with Crippen molar-refractivity contribution in [3.8, 4) is 0 Å². The Morgan fingerprint density at radius 2 is 1.87 bits per heavy atom. The molecule has 1 N–H and O–H groups in total. The molecule has 15 heavy (non-hydrogen) atoms. The van der Waals surface area contributed by atoms with Crippen LogP contribution in [-0.4, -0.2) is 20.5 Å². The third-order valence-electron chi connectivity index (χ3n) is 1.78. The second-order valence-corrected chi connectivity index (χ2v) is 5.39. The van der Waals surface area contributed by atoms with Gasteiger partial charge in [0.2, 0.25) is 5.89 Å². The molecule has 0 bridgehead atoms. The summed E-state index contributed by atoms with van der Waals surface area (Å²) in [6.07, 6.45) is 0. The smallest absolute Gasteiger partial charge is 0.392 e. The van der Waals surface area contributed by atoms with E-state index in [0.29, 0.717) is 5.89 Å². The minimum Gasteiger partial charge on any atom is -0.392 e. The Kier molecular flexibility index (Phi) is 2.78. The molecule has 5 heteroatoms. The van der Waals surface area contributed by atoms with Crippen LogP contribution in [0.4, 0.5) is 0 Å². The Balaban J connectivity index is 3.03. The second-order valence-electron chi connectivity index (χ2n) is 5.39. The van der Waals surface area contributed by atoms with E-state index < -0.39 is 11.4 Å². The third-order valence-corrected chi connectivity index (χ3v) is 1.78. The van der Waals surface area contributed by atoms with E-state index in [1.165, 1.54) is 0 Å². The number of rotatable bonds is 2. The van der Waals surface area contributed by atoms with Crippen molar-refractivity contribution in [1.29, 1.82) is 0 Å². The van der Waals surface area contributed by atoms with Crippen molar-refractivity contribution in [2.75, 3.05) is 0 Å². The fourth-order valence-electron chi connectivity index (χ4n) is 1.08. The quantitative estimate of drug-likeness (QED) is 0.794. The zero-order valence-corrected chi connectivity index (χ0v) is 9.87. The SMILES string of the molecule is CC(C)(O)Cn1nc(C(C)(C)C)oc1=O. The summed E-state index contributed by atoms with van der Waals surface area (Å²) in [5.41, 5.74) is -1.28. The van der Waals surface area contributed by atoms with Gasteiger partial charge in [0.05, 0.1) is 12.1 Å². The van der Waals surface area contributed by atoms with Gasteiger partial charge in [0.15, 0.2) is 0 Å². The molecule has 86 valence electrons. The Hall–Kier alpha value is -1.10. The Morgan fingerprint density at radius 3 is 2.20 bits per heavy atom. The summed E-state index contributed by atoms with van der Waals surface area (Å²) in [6, 6.07) is 0. The lowest BCUT2D eigenvalue weighted by atomic mass is 9.97. The maximum absolute atomic E-state index is 11.4. The summed E-state index contributed by atoms with van der Waals surface area (Å²) >= 11 is 0. The maximum Gasteiger partial charge on any atom is 0.437 e. The minimum absolute atomic E-state index is 0.130. The number of hydrogen-bond donors (Lipinski definition) is 1.